The molecule has 0 spiro atoms. The van der Waals surface area contributed by atoms with Gasteiger partial charge < -0.3 is 25.0 Å². The molecule has 156 valence electrons. The van der Waals surface area contributed by atoms with Crippen LogP contribution in [0.3, 0.4) is 0 Å². The van der Waals surface area contributed by atoms with E-state index >= 15 is 0 Å². The van der Waals surface area contributed by atoms with Crippen LogP contribution in [0.2, 0.25) is 0 Å². The maximum Gasteiger partial charge on any atom is 0.335 e. The highest BCUT2D eigenvalue weighted by molar-refractivity contribution is 5.99. The molecule has 2 N–H and O–H groups in total. The molecule has 0 unspecified atom stereocenters. The Bertz CT molecular complexity index is 834. The van der Waals surface area contributed by atoms with E-state index in [0.29, 0.717) is 54.4 Å². The van der Waals surface area contributed by atoms with Gasteiger partial charge in [0, 0.05) is 17.9 Å². The van der Waals surface area contributed by atoms with Gasteiger partial charge in [-0.1, -0.05) is 6.92 Å². The van der Waals surface area contributed by atoms with Crippen molar-refractivity contribution < 1.29 is 23.9 Å². The number of hydrogen-bond donors (Lipinski definition) is 2. The van der Waals surface area contributed by atoms with Crippen molar-refractivity contribution in [2.45, 2.75) is 46.0 Å². The Labute approximate surface area is 170 Å². The Morgan fingerprint density at radius 1 is 1.17 bits per heavy atom. The van der Waals surface area contributed by atoms with E-state index in [1.807, 2.05) is 6.92 Å². The Kier molecular flexibility index (Phi) is 6.74. The van der Waals surface area contributed by atoms with Crippen LogP contribution in [-0.2, 0) is 14.3 Å². The highest BCUT2D eigenvalue weighted by Gasteiger charge is 2.26. The number of nitrogens with one attached hydrogen (secondary N) is 2. The third-order valence-corrected chi connectivity index (χ3v) is 4.86. The summed E-state index contributed by atoms with van der Waals surface area (Å²) in [6.45, 7) is 4.65. The maximum atomic E-state index is 12.5. The lowest BCUT2D eigenvalue weighted by Gasteiger charge is -2.29. The van der Waals surface area contributed by atoms with E-state index in [1.54, 1.807) is 30.0 Å². The normalized spacial score (nSPS) is 16.1. The molecule has 0 saturated carbocycles. The second-order valence-electron chi connectivity index (χ2n) is 6.98. The van der Waals surface area contributed by atoms with E-state index in [0.717, 1.165) is 19.3 Å². The summed E-state index contributed by atoms with van der Waals surface area (Å²) in [5.41, 5.74) is 2.32. The topological polar surface area (TPSA) is 97.0 Å². The minimum absolute atomic E-state index is 0.0189. The van der Waals surface area contributed by atoms with Crippen LogP contribution in [0, 0.1) is 0 Å². The van der Waals surface area contributed by atoms with Crippen LogP contribution in [0.4, 0.5) is 16.2 Å². The highest BCUT2D eigenvalue weighted by Crippen LogP contribution is 2.34. The Hall–Kier alpha value is -3.03. The smallest absolute Gasteiger partial charge is 0.335 e. The van der Waals surface area contributed by atoms with Crippen molar-refractivity contribution >= 4 is 29.3 Å². The van der Waals surface area contributed by atoms with Gasteiger partial charge in [0.15, 0.2) is 6.61 Å². The molecular weight excluding hydrogens is 374 g/mol. The summed E-state index contributed by atoms with van der Waals surface area (Å²) < 4.78 is 10.6. The zero-order chi connectivity index (χ0) is 20.8. The molecule has 1 aromatic carbocycles. The van der Waals surface area contributed by atoms with Crippen molar-refractivity contribution in [1.29, 1.82) is 0 Å². The molecule has 29 heavy (non-hydrogen) atoms. The lowest BCUT2D eigenvalue weighted by Crippen LogP contribution is -2.39. The van der Waals surface area contributed by atoms with Gasteiger partial charge in [-0.15, -0.1) is 0 Å². The lowest BCUT2D eigenvalue weighted by molar-refractivity contribution is -0.138. The highest BCUT2D eigenvalue weighted by atomic mass is 16.5. The molecular formula is C21H27N3O5. The van der Waals surface area contributed by atoms with Gasteiger partial charge in [-0.3, -0.25) is 4.79 Å². The Morgan fingerprint density at radius 2 is 1.97 bits per heavy atom. The van der Waals surface area contributed by atoms with Crippen LogP contribution in [0.15, 0.2) is 29.5 Å². The first kappa shape index (κ1) is 20.7. The van der Waals surface area contributed by atoms with Crippen molar-refractivity contribution in [1.82, 2.24) is 5.32 Å². The number of allylic oxidation sites excluding steroid dienone is 1. The molecule has 0 radical (unpaired) electrons. The zero-order valence-corrected chi connectivity index (χ0v) is 16.9. The second-order valence-corrected chi connectivity index (χ2v) is 6.98. The number of anilines is 2. The number of hydrogen-bond acceptors (Lipinski definition) is 5. The van der Waals surface area contributed by atoms with Gasteiger partial charge in [0.05, 0.1) is 17.9 Å². The van der Waals surface area contributed by atoms with Crippen molar-refractivity contribution in [3.8, 4) is 5.75 Å². The van der Waals surface area contributed by atoms with Gasteiger partial charge >= 0.3 is 12.0 Å². The van der Waals surface area contributed by atoms with E-state index in [2.05, 4.69) is 10.6 Å². The van der Waals surface area contributed by atoms with Gasteiger partial charge in [0.2, 0.25) is 0 Å². The number of nitrogens with zero attached hydrogens (tertiary/aromatic N) is 1. The molecule has 1 aromatic rings. The average molecular weight is 401 g/mol. The van der Waals surface area contributed by atoms with Gasteiger partial charge in [-0.05, 0) is 57.2 Å². The average Bonchev–Trinajstić information content (AvgIpc) is 2.71. The van der Waals surface area contributed by atoms with Crippen molar-refractivity contribution in [3.63, 3.8) is 0 Å². The standard InChI is InChI=1S/C21H27N3O5/c1-3-11-24-17-12-14(9-10-18(17)29-13-19(24)25)22-21(27)23-16-8-6-5-7-15(16)20(26)28-4-2/h9-10,12H,3-8,11,13H2,1-2H3,(H2,22,23,27). The third kappa shape index (κ3) is 4.88. The van der Waals surface area contributed by atoms with Gasteiger partial charge in [0.25, 0.3) is 5.91 Å². The molecule has 8 nitrogen and oxygen atoms in total. The Balaban J connectivity index is 1.74. The molecule has 1 aliphatic carbocycles. The lowest BCUT2D eigenvalue weighted by atomic mass is 9.96. The number of carbonyl (C=O) groups is 3. The first-order valence-corrected chi connectivity index (χ1v) is 10.1. The largest absolute Gasteiger partial charge is 0.482 e. The van der Waals surface area contributed by atoms with E-state index in [9.17, 15) is 14.4 Å². The molecule has 2 aliphatic rings. The molecule has 1 heterocycles. The number of fused-ring (bicyclic) bond motifs is 1. The van der Waals surface area contributed by atoms with E-state index < -0.39 is 6.03 Å². The maximum absolute atomic E-state index is 12.5. The number of esters is 1. The van der Waals surface area contributed by atoms with Crippen LogP contribution >= 0.6 is 0 Å². The summed E-state index contributed by atoms with van der Waals surface area (Å²) in [5, 5.41) is 5.58. The molecule has 0 atom stereocenters. The summed E-state index contributed by atoms with van der Waals surface area (Å²) in [7, 11) is 0. The molecule has 0 bridgehead atoms. The minimum Gasteiger partial charge on any atom is -0.482 e. The van der Waals surface area contributed by atoms with E-state index in [-0.39, 0.29) is 18.5 Å². The van der Waals surface area contributed by atoms with Crippen molar-refractivity contribution in [2.75, 3.05) is 30.0 Å². The fourth-order valence-electron chi connectivity index (χ4n) is 3.53. The summed E-state index contributed by atoms with van der Waals surface area (Å²) in [6, 6.07) is 4.75. The van der Waals surface area contributed by atoms with Crippen LogP contribution in [0.5, 0.6) is 5.75 Å². The first-order valence-electron chi connectivity index (χ1n) is 10.1. The molecule has 3 amide bonds. The summed E-state index contributed by atoms with van der Waals surface area (Å²) in [4.78, 5) is 38.5. The third-order valence-electron chi connectivity index (χ3n) is 4.86. The first-order chi connectivity index (χ1) is 14.0. The number of benzene rings is 1. The van der Waals surface area contributed by atoms with Crippen LogP contribution in [-0.4, -0.2) is 37.7 Å². The SMILES string of the molecule is CCCN1C(=O)COc2ccc(NC(=O)NC3=C(C(=O)OCC)CCCC3)cc21. The van der Waals surface area contributed by atoms with Gasteiger partial charge in [0.1, 0.15) is 5.75 Å². The van der Waals surface area contributed by atoms with Crippen LogP contribution in [0.1, 0.15) is 46.0 Å². The van der Waals surface area contributed by atoms with Crippen LogP contribution in [0.25, 0.3) is 0 Å². The molecule has 3 rings (SSSR count). The number of ether oxygens (including phenoxy) is 2. The number of carbonyl (C=O) groups excluding carboxylic acids is 3. The fraction of sp³-hybridized carbons (Fsp3) is 0.476. The van der Waals surface area contributed by atoms with Crippen molar-refractivity contribution in [2.24, 2.45) is 0 Å². The summed E-state index contributed by atoms with van der Waals surface area (Å²) >= 11 is 0. The predicted molar refractivity (Wildman–Crippen MR) is 109 cm³/mol. The van der Waals surface area contributed by atoms with E-state index in [1.165, 1.54) is 0 Å². The number of amides is 3. The second kappa shape index (κ2) is 9.45. The number of rotatable bonds is 6. The minimum atomic E-state index is -0.436. The Morgan fingerprint density at radius 3 is 2.72 bits per heavy atom. The number of urea groups is 1. The zero-order valence-electron chi connectivity index (χ0n) is 16.9. The van der Waals surface area contributed by atoms with Crippen LogP contribution < -0.4 is 20.3 Å². The molecule has 0 aromatic heterocycles. The summed E-state index contributed by atoms with van der Waals surface area (Å²) in [6.07, 6.45) is 3.83. The van der Waals surface area contributed by atoms with Gasteiger partial charge in [-0.2, -0.15) is 0 Å². The van der Waals surface area contributed by atoms with E-state index in [4.69, 9.17) is 9.47 Å². The molecule has 0 fully saturated rings. The van der Waals surface area contributed by atoms with Crippen molar-refractivity contribution in [3.05, 3.63) is 29.5 Å². The van der Waals surface area contributed by atoms with Gasteiger partial charge in [-0.25, -0.2) is 9.59 Å². The monoisotopic (exact) mass is 401 g/mol. The molecule has 0 saturated heterocycles. The predicted octanol–water partition coefficient (Wildman–Crippen LogP) is 3.33. The molecule has 8 heteroatoms. The summed E-state index contributed by atoms with van der Waals surface area (Å²) in [5.74, 6) is 0.137. The quantitative estimate of drug-likeness (QED) is 0.713. The fourth-order valence-corrected chi connectivity index (χ4v) is 3.53. The molecule has 1 aliphatic heterocycles.